The predicted molar refractivity (Wildman–Crippen MR) is 65.0 cm³/mol. The zero-order valence-electron chi connectivity index (χ0n) is 9.57. The van der Waals surface area contributed by atoms with Gasteiger partial charge in [0.15, 0.2) is 0 Å². The Kier molecular flexibility index (Phi) is 3.27. The second-order valence-electron chi connectivity index (χ2n) is 3.69. The molecule has 0 aliphatic rings. The maximum atomic E-state index is 4.45. The lowest BCUT2D eigenvalue weighted by Crippen LogP contribution is -2.08. The van der Waals surface area contributed by atoms with Gasteiger partial charge in [-0.05, 0) is 20.0 Å². The van der Waals surface area contributed by atoms with E-state index in [1.807, 2.05) is 38.2 Å². The Labute approximate surface area is 95.6 Å². The molecule has 1 N–H and O–H groups in total. The average molecular weight is 213 g/mol. The van der Waals surface area contributed by atoms with Crippen LogP contribution in [0.2, 0.25) is 0 Å². The van der Waals surface area contributed by atoms with Gasteiger partial charge in [-0.1, -0.05) is 30.3 Å². The fraction of sp³-hybridized carbons (Fsp3) is 0.231. The van der Waals surface area contributed by atoms with Crippen LogP contribution in [0.25, 0.3) is 11.3 Å². The summed E-state index contributed by atoms with van der Waals surface area (Å²) in [6, 6.07) is 12.2. The van der Waals surface area contributed by atoms with Crippen LogP contribution in [-0.2, 0) is 6.54 Å². The molecule has 1 aromatic carbocycles. The Morgan fingerprint density at radius 1 is 1.12 bits per heavy atom. The van der Waals surface area contributed by atoms with Crippen molar-refractivity contribution in [1.29, 1.82) is 0 Å². The highest BCUT2D eigenvalue weighted by Gasteiger charge is 2.03. The van der Waals surface area contributed by atoms with Gasteiger partial charge in [0.1, 0.15) is 5.82 Å². The third-order valence-electron chi connectivity index (χ3n) is 2.32. The molecule has 3 nitrogen and oxygen atoms in total. The molecule has 0 saturated heterocycles. The number of nitrogens with zero attached hydrogens (tertiary/aromatic N) is 2. The van der Waals surface area contributed by atoms with Crippen molar-refractivity contribution in [1.82, 2.24) is 15.3 Å². The number of aromatic nitrogens is 2. The Bertz CT molecular complexity index is 466. The van der Waals surface area contributed by atoms with Crippen LogP contribution in [0.15, 0.2) is 36.4 Å². The Morgan fingerprint density at radius 2 is 1.88 bits per heavy atom. The third kappa shape index (κ3) is 2.44. The van der Waals surface area contributed by atoms with Gasteiger partial charge in [0.2, 0.25) is 0 Å². The van der Waals surface area contributed by atoms with Crippen LogP contribution in [-0.4, -0.2) is 17.0 Å². The fourth-order valence-corrected chi connectivity index (χ4v) is 1.66. The summed E-state index contributed by atoms with van der Waals surface area (Å²) in [7, 11) is 1.92. The number of hydrogen-bond acceptors (Lipinski definition) is 3. The van der Waals surface area contributed by atoms with E-state index in [2.05, 4.69) is 27.4 Å². The van der Waals surface area contributed by atoms with Gasteiger partial charge in [0.25, 0.3) is 0 Å². The standard InChI is InChI=1S/C13H15N3/c1-10-15-12(9-14-2)8-13(16-10)11-6-4-3-5-7-11/h3-8,14H,9H2,1-2H3. The number of benzene rings is 1. The van der Waals surface area contributed by atoms with E-state index < -0.39 is 0 Å². The number of nitrogens with one attached hydrogen (secondary N) is 1. The molecular weight excluding hydrogens is 198 g/mol. The highest BCUT2D eigenvalue weighted by atomic mass is 14.9. The quantitative estimate of drug-likeness (QED) is 0.849. The van der Waals surface area contributed by atoms with Crippen LogP contribution < -0.4 is 5.32 Å². The summed E-state index contributed by atoms with van der Waals surface area (Å²) >= 11 is 0. The maximum absolute atomic E-state index is 4.45. The SMILES string of the molecule is CNCc1cc(-c2ccccc2)nc(C)n1. The van der Waals surface area contributed by atoms with Crippen molar-refractivity contribution in [2.24, 2.45) is 0 Å². The molecule has 0 spiro atoms. The lowest BCUT2D eigenvalue weighted by atomic mass is 10.1. The lowest BCUT2D eigenvalue weighted by molar-refractivity contribution is 0.779. The van der Waals surface area contributed by atoms with Crippen LogP contribution in [0.3, 0.4) is 0 Å². The molecule has 2 rings (SSSR count). The van der Waals surface area contributed by atoms with E-state index >= 15 is 0 Å². The first-order valence-electron chi connectivity index (χ1n) is 5.34. The van der Waals surface area contributed by atoms with E-state index in [-0.39, 0.29) is 0 Å². The lowest BCUT2D eigenvalue weighted by Gasteiger charge is -2.05. The molecule has 1 heterocycles. The van der Waals surface area contributed by atoms with Crippen molar-refractivity contribution in [3.05, 3.63) is 47.9 Å². The molecule has 0 atom stereocenters. The second kappa shape index (κ2) is 4.86. The van der Waals surface area contributed by atoms with Crippen molar-refractivity contribution in [2.75, 3.05) is 7.05 Å². The van der Waals surface area contributed by atoms with Gasteiger partial charge in [-0.2, -0.15) is 0 Å². The minimum atomic E-state index is 0.767. The van der Waals surface area contributed by atoms with Crippen LogP contribution in [0.5, 0.6) is 0 Å². The van der Waals surface area contributed by atoms with E-state index in [4.69, 9.17) is 0 Å². The molecule has 82 valence electrons. The molecule has 0 bridgehead atoms. The zero-order chi connectivity index (χ0) is 11.4. The number of aryl methyl sites for hydroxylation is 1. The third-order valence-corrected chi connectivity index (χ3v) is 2.32. The molecule has 0 amide bonds. The zero-order valence-corrected chi connectivity index (χ0v) is 9.57. The van der Waals surface area contributed by atoms with Crippen molar-refractivity contribution in [3.63, 3.8) is 0 Å². The van der Waals surface area contributed by atoms with Gasteiger partial charge in [0, 0.05) is 12.1 Å². The predicted octanol–water partition coefficient (Wildman–Crippen LogP) is 2.17. The Balaban J connectivity index is 2.41. The summed E-state index contributed by atoms with van der Waals surface area (Å²) in [6.45, 7) is 2.69. The summed E-state index contributed by atoms with van der Waals surface area (Å²) in [4.78, 5) is 8.82. The van der Waals surface area contributed by atoms with E-state index in [1.54, 1.807) is 0 Å². The first-order chi connectivity index (χ1) is 7.79. The molecule has 0 aliphatic carbocycles. The first kappa shape index (κ1) is 10.8. The average Bonchev–Trinajstić information content (AvgIpc) is 2.30. The van der Waals surface area contributed by atoms with Crippen molar-refractivity contribution >= 4 is 0 Å². The monoisotopic (exact) mass is 213 g/mol. The molecule has 2 aromatic rings. The number of rotatable bonds is 3. The van der Waals surface area contributed by atoms with Gasteiger partial charge in [-0.25, -0.2) is 9.97 Å². The van der Waals surface area contributed by atoms with Crippen molar-refractivity contribution in [3.8, 4) is 11.3 Å². The van der Waals surface area contributed by atoms with Crippen molar-refractivity contribution < 1.29 is 0 Å². The van der Waals surface area contributed by atoms with E-state index in [0.717, 1.165) is 29.3 Å². The first-order valence-corrected chi connectivity index (χ1v) is 5.34. The number of hydrogen-bond donors (Lipinski definition) is 1. The molecule has 3 heteroatoms. The summed E-state index contributed by atoms with van der Waals surface area (Å²) in [5, 5.41) is 3.10. The highest BCUT2D eigenvalue weighted by molar-refractivity contribution is 5.59. The molecule has 1 aromatic heterocycles. The van der Waals surface area contributed by atoms with Gasteiger partial charge in [0.05, 0.1) is 11.4 Å². The van der Waals surface area contributed by atoms with E-state index in [0.29, 0.717) is 0 Å². The van der Waals surface area contributed by atoms with Crippen LogP contribution >= 0.6 is 0 Å². The normalized spacial score (nSPS) is 10.4. The smallest absolute Gasteiger partial charge is 0.126 e. The highest BCUT2D eigenvalue weighted by Crippen LogP contribution is 2.17. The van der Waals surface area contributed by atoms with E-state index in [9.17, 15) is 0 Å². The Hall–Kier alpha value is -1.74. The van der Waals surface area contributed by atoms with Crippen molar-refractivity contribution in [2.45, 2.75) is 13.5 Å². The second-order valence-corrected chi connectivity index (χ2v) is 3.69. The maximum Gasteiger partial charge on any atom is 0.126 e. The molecule has 0 fully saturated rings. The van der Waals surface area contributed by atoms with Gasteiger partial charge in [-0.15, -0.1) is 0 Å². The topological polar surface area (TPSA) is 37.8 Å². The molecular formula is C13H15N3. The summed E-state index contributed by atoms with van der Waals surface area (Å²) in [5.74, 6) is 0.812. The van der Waals surface area contributed by atoms with Crippen LogP contribution in [0.1, 0.15) is 11.5 Å². The molecule has 0 saturated carbocycles. The molecule has 0 radical (unpaired) electrons. The minimum absolute atomic E-state index is 0.767. The Morgan fingerprint density at radius 3 is 2.56 bits per heavy atom. The van der Waals surface area contributed by atoms with Gasteiger partial charge < -0.3 is 5.32 Å². The fourth-order valence-electron chi connectivity index (χ4n) is 1.66. The summed E-state index contributed by atoms with van der Waals surface area (Å²) < 4.78 is 0. The molecule has 16 heavy (non-hydrogen) atoms. The van der Waals surface area contributed by atoms with Crippen LogP contribution in [0, 0.1) is 6.92 Å². The van der Waals surface area contributed by atoms with Gasteiger partial charge >= 0.3 is 0 Å². The van der Waals surface area contributed by atoms with Crippen LogP contribution in [0.4, 0.5) is 0 Å². The summed E-state index contributed by atoms with van der Waals surface area (Å²) in [5.41, 5.74) is 3.14. The molecule has 0 aliphatic heterocycles. The largest absolute Gasteiger partial charge is 0.314 e. The minimum Gasteiger partial charge on any atom is -0.314 e. The summed E-state index contributed by atoms with van der Waals surface area (Å²) in [6.07, 6.45) is 0. The van der Waals surface area contributed by atoms with E-state index in [1.165, 1.54) is 0 Å². The molecule has 0 unspecified atom stereocenters. The van der Waals surface area contributed by atoms with Gasteiger partial charge in [-0.3, -0.25) is 0 Å².